The molecule has 16 heavy (non-hydrogen) atoms. The van der Waals surface area contributed by atoms with Crippen molar-refractivity contribution in [2.45, 2.75) is 19.6 Å². The van der Waals surface area contributed by atoms with E-state index in [1.54, 1.807) is 0 Å². The summed E-state index contributed by atoms with van der Waals surface area (Å²) in [6, 6.07) is 0. The molecule has 7 heteroatoms. The van der Waals surface area contributed by atoms with Gasteiger partial charge in [0.1, 0.15) is 0 Å². The lowest BCUT2D eigenvalue weighted by Gasteiger charge is -2.20. The molecule has 0 unspecified atom stereocenters. The van der Waals surface area contributed by atoms with Crippen molar-refractivity contribution in [1.82, 2.24) is 12.9 Å². The van der Waals surface area contributed by atoms with Gasteiger partial charge in [-0.25, -0.2) is 0 Å². The van der Waals surface area contributed by atoms with Crippen molar-refractivity contribution < 1.29 is 9.41 Å². The molecule has 0 spiro atoms. The molecule has 0 bridgehead atoms. The lowest BCUT2D eigenvalue weighted by atomic mass is 11.2. The first-order valence-electron chi connectivity index (χ1n) is 4.96. The van der Waals surface area contributed by atoms with Gasteiger partial charge in [-0.15, -0.1) is 0 Å². The molecule has 0 amide bonds. The van der Waals surface area contributed by atoms with Crippen LogP contribution in [0.5, 0.6) is 0 Å². The van der Waals surface area contributed by atoms with Crippen molar-refractivity contribution in [3.05, 3.63) is 0 Å². The number of halogens is 2. The third-order valence-electron chi connectivity index (χ3n) is 0.980. The second-order valence-electron chi connectivity index (χ2n) is 4.41. The van der Waals surface area contributed by atoms with E-state index in [1.165, 1.54) is 0 Å². The number of hydrogen-bond donors (Lipinski definition) is 0. The van der Waals surface area contributed by atoms with Crippen LogP contribution in [0.15, 0.2) is 0 Å². The fourth-order valence-corrected chi connectivity index (χ4v) is 2.94. The number of hydrogen-bond acceptors (Lipinski definition) is 3. The molecule has 0 atom stereocenters. The Bertz CT molecular complexity index is 116. The van der Waals surface area contributed by atoms with Crippen molar-refractivity contribution in [2.24, 2.45) is 0 Å². The van der Waals surface area contributed by atoms with E-state index in [4.69, 9.17) is 0 Å². The molecule has 0 radical (unpaired) electrons. The maximum absolute atomic E-state index is 2.31. The minimum Gasteiger partial charge on any atom is -1.00 e. The molecule has 0 aromatic rings. The van der Waals surface area contributed by atoms with Gasteiger partial charge >= 0.3 is 0 Å². The van der Waals surface area contributed by atoms with E-state index >= 15 is 0 Å². The van der Waals surface area contributed by atoms with Crippen LogP contribution in [0.25, 0.3) is 0 Å². The zero-order chi connectivity index (χ0) is 11.9. The predicted molar refractivity (Wildman–Crippen MR) is 75.7 cm³/mol. The molecule has 0 aromatic carbocycles. The maximum atomic E-state index is 2.31. The molecule has 0 N–H and O–H groups in total. The monoisotopic (exact) mass is 277 g/mol. The third-order valence-corrected chi connectivity index (χ3v) is 2.94. The van der Waals surface area contributed by atoms with Gasteiger partial charge < -0.3 is 4.70 Å². The largest absolute Gasteiger partial charge is 1.00 e. The Labute approximate surface area is 105 Å². The van der Waals surface area contributed by atoms with E-state index in [0.717, 1.165) is 0 Å². The average Bonchev–Trinajstić information content (AvgIpc) is 1.80. The minimum absolute atomic E-state index is 0. The molecule has 0 aliphatic carbocycles. The van der Waals surface area contributed by atoms with Crippen LogP contribution in [0.4, 0.5) is 4.70 Å². The van der Waals surface area contributed by atoms with Crippen molar-refractivity contribution >= 4 is 20.2 Å². The van der Waals surface area contributed by atoms with Crippen LogP contribution in [0, 0.1) is 0 Å². The fourth-order valence-electron chi connectivity index (χ4n) is 0.980. The highest BCUT2D eigenvalue weighted by Gasteiger charge is 2.29. The van der Waals surface area contributed by atoms with Crippen molar-refractivity contribution in [3.63, 3.8) is 0 Å². The molecule has 0 rings (SSSR count). The molecule has 0 aromatic heterocycles. The van der Waals surface area contributed by atoms with Gasteiger partial charge in [-0.3, -0.25) is 4.70 Å². The SMILES string of the molecule is CN(C)[S+](N(C)C)N(C)C.C[SiH](C)C.F.[F-]. The average molecular weight is 278 g/mol. The van der Waals surface area contributed by atoms with Crippen LogP contribution in [0.3, 0.4) is 0 Å². The van der Waals surface area contributed by atoms with E-state index in [-0.39, 0.29) is 29.7 Å². The molecule has 3 nitrogen and oxygen atoms in total. The molecular weight excluding hydrogens is 248 g/mol. The quantitative estimate of drug-likeness (QED) is 0.450. The summed E-state index contributed by atoms with van der Waals surface area (Å²) in [7, 11) is 12.4. The smallest absolute Gasteiger partial charge is 0.266 e. The van der Waals surface area contributed by atoms with E-state index in [1.807, 2.05) is 0 Å². The second-order valence-corrected chi connectivity index (χ2v) is 10.6. The molecule has 104 valence electrons. The standard InChI is InChI=1S/C6H18N3S.C3H10Si.2FH/c1-7(2)10(8(3)4)9(5)6;1-4(2)3;;/h1-6H3;4H,1-3H3;2*1H/q+1;;;/p-1. The van der Waals surface area contributed by atoms with Gasteiger partial charge in [0, 0.05) is 51.1 Å². The third kappa shape index (κ3) is 16.7. The van der Waals surface area contributed by atoms with Crippen LogP contribution in [0.2, 0.25) is 19.6 Å². The van der Waals surface area contributed by atoms with E-state index in [0.29, 0.717) is 0 Å². The first-order chi connectivity index (χ1) is 6.20. The maximum Gasteiger partial charge on any atom is 0.266 e. The topological polar surface area (TPSA) is 9.72 Å². The van der Waals surface area contributed by atoms with Gasteiger partial charge in [0.2, 0.25) is 0 Å². The Morgan fingerprint density at radius 1 is 0.688 bits per heavy atom. The molecule has 0 aliphatic rings. The molecular formula is C9H29F2N3SSi. The highest BCUT2D eigenvalue weighted by Crippen LogP contribution is 2.05. The number of nitrogens with zero attached hydrogens (tertiary/aromatic N) is 3. The van der Waals surface area contributed by atoms with Gasteiger partial charge in [0.05, 0.1) is 0 Å². The summed E-state index contributed by atoms with van der Waals surface area (Å²) < 4.78 is 6.58. The highest BCUT2D eigenvalue weighted by molar-refractivity contribution is 7.90. The zero-order valence-electron chi connectivity index (χ0n) is 12.1. The Kier molecular flexibility index (Phi) is 21.1. The minimum atomic E-state index is -0.139. The van der Waals surface area contributed by atoms with Crippen LogP contribution in [-0.4, -0.2) is 64.0 Å². The Balaban J connectivity index is -0.000000105. The molecule has 0 saturated carbocycles. The molecule has 0 aliphatic heterocycles. The van der Waals surface area contributed by atoms with Crippen molar-refractivity contribution in [1.29, 1.82) is 0 Å². The van der Waals surface area contributed by atoms with E-state index < -0.39 is 0 Å². The van der Waals surface area contributed by atoms with Crippen molar-refractivity contribution in [3.8, 4) is 0 Å². The Morgan fingerprint density at radius 2 is 0.812 bits per heavy atom. The zero-order valence-corrected chi connectivity index (χ0v) is 14.1. The van der Waals surface area contributed by atoms with Gasteiger partial charge in [0.25, 0.3) is 11.5 Å². The Morgan fingerprint density at radius 3 is 0.812 bits per heavy atom. The summed E-state index contributed by atoms with van der Waals surface area (Å²) >= 11 is 0.120. The summed E-state index contributed by atoms with van der Waals surface area (Å²) in [6.07, 6.45) is 0. The van der Waals surface area contributed by atoms with Gasteiger partial charge in [-0.1, -0.05) is 32.6 Å². The molecule has 0 fully saturated rings. The van der Waals surface area contributed by atoms with Crippen LogP contribution < -0.4 is 4.70 Å². The van der Waals surface area contributed by atoms with Crippen LogP contribution in [0.1, 0.15) is 0 Å². The van der Waals surface area contributed by atoms with Crippen LogP contribution in [-0.2, 0) is 11.5 Å². The molecule has 0 saturated heterocycles. The normalized spacial score (nSPS) is 10.1. The summed E-state index contributed by atoms with van der Waals surface area (Å²) in [4.78, 5) is 0. The van der Waals surface area contributed by atoms with Gasteiger partial charge in [0.15, 0.2) is 0 Å². The summed E-state index contributed by atoms with van der Waals surface area (Å²) in [5, 5.41) is 0. The van der Waals surface area contributed by atoms with Crippen LogP contribution >= 0.6 is 0 Å². The Hall–Kier alpha value is 0.307. The number of rotatable bonds is 3. The first-order valence-corrected chi connectivity index (χ1v) is 9.52. The lowest BCUT2D eigenvalue weighted by molar-refractivity contribution is -0.00000440. The lowest BCUT2D eigenvalue weighted by Crippen LogP contribution is -3.00. The predicted octanol–water partition coefficient (Wildman–Crippen LogP) is -1.71. The van der Waals surface area contributed by atoms with Gasteiger partial charge in [-0.05, 0) is 0 Å². The van der Waals surface area contributed by atoms with Gasteiger partial charge in [-0.2, -0.15) is 0 Å². The second kappa shape index (κ2) is 13.4. The van der Waals surface area contributed by atoms with E-state index in [9.17, 15) is 0 Å². The fraction of sp³-hybridized carbons (Fsp3) is 1.00. The highest BCUT2D eigenvalue weighted by atomic mass is 32.2. The van der Waals surface area contributed by atoms with Crippen molar-refractivity contribution in [2.75, 3.05) is 42.3 Å². The summed E-state index contributed by atoms with van der Waals surface area (Å²) in [6.45, 7) is 6.92. The first kappa shape index (κ1) is 25.2. The summed E-state index contributed by atoms with van der Waals surface area (Å²) in [5.74, 6) is 0. The van der Waals surface area contributed by atoms with E-state index in [2.05, 4.69) is 74.8 Å². The summed E-state index contributed by atoms with van der Waals surface area (Å²) in [5.41, 5.74) is 0. The molecule has 0 heterocycles.